The van der Waals surface area contributed by atoms with Gasteiger partial charge < -0.3 is 10.6 Å². The Kier molecular flexibility index (Phi) is 5.64. The zero-order valence-electron chi connectivity index (χ0n) is 13.2. The number of non-ortho nitro benzene ring substituents is 1. The second-order valence-electron chi connectivity index (χ2n) is 5.25. The van der Waals surface area contributed by atoms with E-state index in [2.05, 4.69) is 10.6 Å². The van der Waals surface area contributed by atoms with Crippen LogP contribution < -0.4 is 10.6 Å². The van der Waals surface area contributed by atoms with Crippen molar-refractivity contribution in [2.24, 2.45) is 0 Å². The van der Waals surface area contributed by atoms with E-state index in [1.165, 1.54) is 35.6 Å². The van der Waals surface area contributed by atoms with Gasteiger partial charge in [-0.1, -0.05) is 12.1 Å². The molecule has 0 aliphatic rings. The van der Waals surface area contributed by atoms with Crippen LogP contribution in [0.15, 0.2) is 41.8 Å². The van der Waals surface area contributed by atoms with E-state index in [0.717, 1.165) is 4.88 Å². The minimum atomic E-state index is -0.765. The highest BCUT2D eigenvalue weighted by molar-refractivity contribution is 7.10. The summed E-state index contributed by atoms with van der Waals surface area (Å²) in [6.45, 7) is 3.42. The molecule has 8 heteroatoms. The maximum Gasteiger partial charge on any atom is 0.270 e. The van der Waals surface area contributed by atoms with Crippen LogP contribution in [0.3, 0.4) is 0 Å². The van der Waals surface area contributed by atoms with Gasteiger partial charge in [0, 0.05) is 22.6 Å². The highest BCUT2D eigenvalue weighted by Gasteiger charge is 2.20. The molecule has 1 aromatic carbocycles. The van der Waals surface area contributed by atoms with Crippen LogP contribution in [-0.2, 0) is 4.79 Å². The average Bonchev–Trinajstić information content (AvgIpc) is 3.09. The molecule has 0 radical (unpaired) electrons. The van der Waals surface area contributed by atoms with Gasteiger partial charge in [0.05, 0.1) is 11.0 Å². The van der Waals surface area contributed by atoms with Crippen LogP contribution in [0.2, 0.25) is 0 Å². The molecule has 1 aromatic heterocycles. The predicted octanol–water partition coefficient (Wildman–Crippen LogP) is 2.65. The lowest BCUT2D eigenvalue weighted by atomic mass is 10.1. The van der Waals surface area contributed by atoms with Crippen molar-refractivity contribution in [3.8, 4) is 0 Å². The molecule has 2 amide bonds. The first-order valence-corrected chi connectivity index (χ1v) is 8.15. The van der Waals surface area contributed by atoms with Crippen molar-refractivity contribution in [3.05, 3.63) is 62.3 Å². The molecule has 0 saturated carbocycles. The van der Waals surface area contributed by atoms with Gasteiger partial charge in [-0.3, -0.25) is 19.7 Å². The number of carbonyl (C=O) groups excluding carboxylic acids is 2. The Morgan fingerprint density at radius 1 is 1.17 bits per heavy atom. The molecule has 7 nitrogen and oxygen atoms in total. The van der Waals surface area contributed by atoms with Crippen LogP contribution in [0.5, 0.6) is 0 Å². The average molecular weight is 347 g/mol. The van der Waals surface area contributed by atoms with Gasteiger partial charge in [-0.2, -0.15) is 0 Å². The summed E-state index contributed by atoms with van der Waals surface area (Å²) in [6, 6.07) is 8.26. The number of hydrogen-bond donors (Lipinski definition) is 2. The topological polar surface area (TPSA) is 101 Å². The summed E-state index contributed by atoms with van der Waals surface area (Å²) in [5, 5.41) is 18.0. The van der Waals surface area contributed by atoms with Crippen molar-refractivity contribution in [1.29, 1.82) is 0 Å². The third kappa shape index (κ3) is 4.39. The van der Waals surface area contributed by atoms with Crippen molar-refractivity contribution >= 4 is 28.8 Å². The number of carbonyl (C=O) groups is 2. The van der Waals surface area contributed by atoms with Crippen LogP contribution >= 0.6 is 11.3 Å². The third-order valence-corrected chi connectivity index (χ3v) is 4.44. The molecule has 2 N–H and O–H groups in total. The molecule has 2 rings (SSSR count). The fraction of sp³-hybridized carbons (Fsp3) is 0.250. The fourth-order valence-corrected chi connectivity index (χ4v) is 2.79. The largest absolute Gasteiger partial charge is 0.347 e. The molecule has 126 valence electrons. The van der Waals surface area contributed by atoms with Crippen molar-refractivity contribution in [1.82, 2.24) is 10.6 Å². The molecule has 0 bridgehead atoms. The summed E-state index contributed by atoms with van der Waals surface area (Å²) in [5.74, 6) is -0.861. The molecule has 0 aliphatic heterocycles. The highest BCUT2D eigenvalue weighted by atomic mass is 32.1. The SMILES string of the molecule is CC(NC(=O)c1cccc([N+](=O)[O-])c1)C(=O)NC(C)c1cccs1. The van der Waals surface area contributed by atoms with Crippen molar-refractivity contribution in [2.45, 2.75) is 25.9 Å². The Morgan fingerprint density at radius 2 is 1.92 bits per heavy atom. The summed E-state index contributed by atoms with van der Waals surface area (Å²) in [5.41, 5.74) is -0.0405. The van der Waals surface area contributed by atoms with E-state index in [-0.39, 0.29) is 23.2 Å². The number of nitro groups is 1. The smallest absolute Gasteiger partial charge is 0.270 e. The van der Waals surface area contributed by atoms with Crippen molar-refractivity contribution in [3.63, 3.8) is 0 Å². The van der Waals surface area contributed by atoms with Crippen LogP contribution in [0.1, 0.15) is 35.1 Å². The Bertz CT molecular complexity index is 746. The molecule has 2 unspecified atom stereocenters. The van der Waals surface area contributed by atoms with Crippen LogP contribution in [0, 0.1) is 10.1 Å². The molecule has 2 atom stereocenters. The van der Waals surface area contributed by atoms with E-state index in [0.29, 0.717) is 0 Å². The number of nitrogens with one attached hydrogen (secondary N) is 2. The summed E-state index contributed by atoms with van der Waals surface area (Å²) in [7, 11) is 0. The van der Waals surface area contributed by atoms with Gasteiger partial charge in [-0.15, -0.1) is 11.3 Å². The first-order chi connectivity index (χ1) is 11.4. The standard InChI is InChI=1S/C16H17N3O4S/c1-10(14-7-4-8-24-14)17-15(20)11(2)18-16(21)12-5-3-6-13(9-12)19(22)23/h3-11H,1-2H3,(H,17,20)(H,18,21). The number of thiophene rings is 1. The Hall–Kier alpha value is -2.74. The summed E-state index contributed by atoms with van der Waals surface area (Å²) < 4.78 is 0. The molecular weight excluding hydrogens is 330 g/mol. The van der Waals surface area contributed by atoms with E-state index >= 15 is 0 Å². The van der Waals surface area contributed by atoms with E-state index in [4.69, 9.17) is 0 Å². The molecular formula is C16H17N3O4S. The lowest BCUT2D eigenvalue weighted by molar-refractivity contribution is -0.384. The van der Waals surface area contributed by atoms with E-state index in [1.807, 2.05) is 24.4 Å². The minimum Gasteiger partial charge on any atom is -0.347 e. The fourth-order valence-electron chi connectivity index (χ4n) is 2.05. The second kappa shape index (κ2) is 7.69. The Balaban J connectivity index is 1.96. The summed E-state index contributed by atoms with van der Waals surface area (Å²) in [6.07, 6.45) is 0. The lowest BCUT2D eigenvalue weighted by Crippen LogP contribution is -2.45. The van der Waals surface area contributed by atoms with Crippen molar-refractivity contribution in [2.75, 3.05) is 0 Å². The quantitative estimate of drug-likeness (QED) is 0.619. The van der Waals surface area contributed by atoms with Crippen molar-refractivity contribution < 1.29 is 14.5 Å². The van der Waals surface area contributed by atoms with Gasteiger partial charge in [-0.05, 0) is 31.4 Å². The number of nitrogens with zero attached hydrogens (tertiary/aromatic N) is 1. The van der Waals surface area contributed by atoms with Crippen LogP contribution in [-0.4, -0.2) is 22.8 Å². The molecule has 0 aliphatic carbocycles. The maximum atomic E-state index is 12.2. The zero-order valence-corrected chi connectivity index (χ0v) is 14.0. The number of hydrogen-bond acceptors (Lipinski definition) is 5. The van der Waals surface area contributed by atoms with Crippen LogP contribution in [0.25, 0.3) is 0 Å². The predicted molar refractivity (Wildman–Crippen MR) is 90.9 cm³/mol. The monoisotopic (exact) mass is 347 g/mol. The molecule has 0 saturated heterocycles. The number of nitro benzene ring substituents is 1. The lowest BCUT2D eigenvalue weighted by Gasteiger charge is -2.17. The second-order valence-corrected chi connectivity index (χ2v) is 6.23. The summed E-state index contributed by atoms with van der Waals surface area (Å²) >= 11 is 1.53. The first kappa shape index (κ1) is 17.6. The van der Waals surface area contributed by atoms with Gasteiger partial charge >= 0.3 is 0 Å². The normalized spacial score (nSPS) is 12.9. The third-order valence-electron chi connectivity index (χ3n) is 3.39. The molecule has 1 heterocycles. The number of rotatable bonds is 6. The Labute approximate surface area is 142 Å². The zero-order chi connectivity index (χ0) is 17.7. The minimum absolute atomic E-state index is 0.134. The van der Waals surface area contributed by atoms with Gasteiger partial charge in [0.15, 0.2) is 0 Å². The first-order valence-electron chi connectivity index (χ1n) is 7.27. The van der Waals surface area contributed by atoms with Gasteiger partial charge in [-0.25, -0.2) is 0 Å². The molecule has 0 spiro atoms. The van der Waals surface area contributed by atoms with E-state index in [1.54, 1.807) is 6.92 Å². The van der Waals surface area contributed by atoms with E-state index < -0.39 is 16.9 Å². The van der Waals surface area contributed by atoms with Gasteiger partial charge in [0.1, 0.15) is 6.04 Å². The molecule has 24 heavy (non-hydrogen) atoms. The van der Waals surface area contributed by atoms with Gasteiger partial charge in [0.2, 0.25) is 5.91 Å². The van der Waals surface area contributed by atoms with Crippen LogP contribution in [0.4, 0.5) is 5.69 Å². The molecule has 2 aromatic rings. The summed E-state index contributed by atoms with van der Waals surface area (Å²) in [4.78, 5) is 35.5. The van der Waals surface area contributed by atoms with Gasteiger partial charge in [0.25, 0.3) is 11.6 Å². The number of benzene rings is 1. The van der Waals surface area contributed by atoms with E-state index in [9.17, 15) is 19.7 Å². The number of amides is 2. The molecule has 0 fully saturated rings. The Morgan fingerprint density at radius 3 is 2.54 bits per heavy atom. The highest BCUT2D eigenvalue weighted by Crippen LogP contribution is 2.18. The maximum absolute atomic E-state index is 12.2.